The van der Waals surface area contributed by atoms with Crippen molar-refractivity contribution in [1.82, 2.24) is 19.9 Å². The number of aldehydes is 1. The molecule has 3 rings (SSSR count). The van der Waals surface area contributed by atoms with Gasteiger partial charge in [0.2, 0.25) is 0 Å². The molecule has 1 N–H and O–H groups in total. The predicted octanol–water partition coefficient (Wildman–Crippen LogP) is 1.01. The Kier molecular flexibility index (Phi) is 2.60. The molecule has 2 aromatic heterocycles. The zero-order chi connectivity index (χ0) is 11.7. The smallest absolute Gasteiger partial charge is 0.168 e. The molecule has 3 heterocycles. The van der Waals surface area contributed by atoms with E-state index < -0.39 is 0 Å². The Labute approximate surface area is 98.9 Å². The minimum Gasteiger partial charge on any atom is -0.316 e. The first-order chi connectivity index (χ1) is 8.38. The highest BCUT2D eigenvalue weighted by Crippen LogP contribution is 2.20. The van der Waals surface area contributed by atoms with Gasteiger partial charge in [-0.25, -0.2) is 9.50 Å². The summed E-state index contributed by atoms with van der Waals surface area (Å²) in [4.78, 5) is 15.4. The van der Waals surface area contributed by atoms with E-state index in [0.717, 1.165) is 43.7 Å². The molecule has 2 aromatic rings. The molecule has 1 fully saturated rings. The Morgan fingerprint density at radius 3 is 3.18 bits per heavy atom. The van der Waals surface area contributed by atoms with Gasteiger partial charge in [0.1, 0.15) is 5.69 Å². The second-order valence-corrected chi connectivity index (χ2v) is 4.35. The normalized spacial score (nSPS) is 20.6. The van der Waals surface area contributed by atoms with Crippen LogP contribution in [-0.4, -0.2) is 34.0 Å². The van der Waals surface area contributed by atoms with Crippen molar-refractivity contribution in [2.24, 2.45) is 0 Å². The Hall–Kier alpha value is -1.75. The third-order valence-corrected chi connectivity index (χ3v) is 3.19. The topological polar surface area (TPSA) is 59.3 Å². The molecule has 0 aliphatic carbocycles. The lowest BCUT2D eigenvalue weighted by molar-refractivity contribution is 0.111. The monoisotopic (exact) mass is 230 g/mol. The van der Waals surface area contributed by atoms with Gasteiger partial charge >= 0.3 is 0 Å². The van der Waals surface area contributed by atoms with E-state index in [1.54, 1.807) is 10.6 Å². The van der Waals surface area contributed by atoms with Crippen LogP contribution in [0.1, 0.15) is 35.1 Å². The molecule has 88 valence electrons. The van der Waals surface area contributed by atoms with Crippen LogP contribution in [0.15, 0.2) is 18.2 Å². The van der Waals surface area contributed by atoms with Gasteiger partial charge in [-0.15, -0.1) is 0 Å². The van der Waals surface area contributed by atoms with Crippen molar-refractivity contribution in [3.05, 3.63) is 29.7 Å². The molecule has 0 radical (unpaired) electrons. The van der Waals surface area contributed by atoms with E-state index in [1.165, 1.54) is 0 Å². The highest BCUT2D eigenvalue weighted by atomic mass is 16.1. The van der Waals surface area contributed by atoms with Crippen LogP contribution in [0.4, 0.5) is 0 Å². The van der Waals surface area contributed by atoms with Gasteiger partial charge in [-0.3, -0.25) is 4.79 Å². The lowest BCUT2D eigenvalue weighted by Gasteiger charge is -2.19. The zero-order valence-electron chi connectivity index (χ0n) is 9.47. The van der Waals surface area contributed by atoms with Crippen LogP contribution < -0.4 is 5.32 Å². The van der Waals surface area contributed by atoms with Crippen LogP contribution in [0.5, 0.6) is 0 Å². The predicted molar refractivity (Wildman–Crippen MR) is 63.2 cm³/mol. The maximum Gasteiger partial charge on any atom is 0.168 e. The molecule has 17 heavy (non-hydrogen) atoms. The van der Waals surface area contributed by atoms with Crippen molar-refractivity contribution in [3.8, 4) is 0 Å². The summed E-state index contributed by atoms with van der Waals surface area (Å²) in [6.07, 6.45) is 3.08. The fraction of sp³-hybridized carbons (Fsp3) is 0.417. The van der Waals surface area contributed by atoms with Gasteiger partial charge in [0.05, 0.1) is 0 Å². The van der Waals surface area contributed by atoms with Crippen LogP contribution in [0.2, 0.25) is 0 Å². The van der Waals surface area contributed by atoms with Crippen molar-refractivity contribution >= 4 is 11.9 Å². The van der Waals surface area contributed by atoms with Crippen LogP contribution in [0.25, 0.3) is 5.65 Å². The van der Waals surface area contributed by atoms with Crippen molar-refractivity contribution in [2.75, 3.05) is 13.1 Å². The highest BCUT2D eigenvalue weighted by Gasteiger charge is 2.20. The molecular weight excluding hydrogens is 216 g/mol. The number of carbonyl (C=O) groups excluding carboxylic acids is 1. The van der Waals surface area contributed by atoms with Gasteiger partial charge in [-0.05, 0) is 31.5 Å². The van der Waals surface area contributed by atoms with Gasteiger partial charge in [-0.1, -0.05) is 6.07 Å². The fourth-order valence-electron chi connectivity index (χ4n) is 2.28. The Balaban J connectivity index is 2.03. The molecule has 0 amide bonds. The molecule has 1 saturated heterocycles. The summed E-state index contributed by atoms with van der Waals surface area (Å²) < 4.78 is 1.62. The van der Waals surface area contributed by atoms with Gasteiger partial charge in [0.25, 0.3) is 0 Å². The number of pyridine rings is 1. The van der Waals surface area contributed by atoms with E-state index >= 15 is 0 Å². The van der Waals surface area contributed by atoms with E-state index in [2.05, 4.69) is 15.4 Å². The summed E-state index contributed by atoms with van der Waals surface area (Å²) in [7, 11) is 0. The van der Waals surface area contributed by atoms with Crippen LogP contribution in [0.3, 0.4) is 0 Å². The SMILES string of the molecule is O=Cc1cccc2nc(C3CCCNC3)nn12. The third kappa shape index (κ3) is 1.82. The number of carbonyl (C=O) groups is 1. The van der Waals surface area contributed by atoms with E-state index in [0.29, 0.717) is 11.6 Å². The number of hydrogen-bond acceptors (Lipinski definition) is 4. The molecule has 0 aromatic carbocycles. The molecule has 5 heteroatoms. The maximum absolute atomic E-state index is 10.9. The standard InChI is InChI=1S/C12H14N4O/c17-8-10-4-1-5-11-14-12(15-16(10)11)9-3-2-6-13-7-9/h1,4-5,8-9,13H,2-3,6-7H2. The van der Waals surface area contributed by atoms with Gasteiger partial charge in [0.15, 0.2) is 17.8 Å². The van der Waals surface area contributed by atoms with E-state index in [1.807, 2.05) is 12.1 Å². The summed E-state index contributed by atoms with van der Waals surface area (Å²) in [5.41, 5.74) is 1.29. The number of aromatic nitrogens is 3. The minimum absolute atomic E-state index is 0.364. The Morgan fingerprint density at radius 1 is 1.47 bits per heavy atom. The van der Waals surface area contributed by atoms with Crippen LogP contribution in [0, 0.1) is 0 Å². The van der Waals surface area contributed by atoms with Crippen molar-refractivity contribution in [1.29, 1.82) is 0 Å². The summed E-state index contributed by atoms with van der Waals surface area (Å²) in [5, 5.41) is 7.79. The summed E-state index contributed by atoms with van der Waals surface area (Å²) in [5.74, 6) is 1.20. The molecule has 1 atom stereocenters. The molecule has 0 saturated carbocycles. The molecule has 5 nitrogen and oxygen atoms in total. The van der Waals surface area contributed by atoms with Crippen molar-refractivity contribution in [3.63, 3.8) is 0 Å². The molecule has 1 aliphatic heterocycles. The Morgan fingerprint density at radius 2 is 2.41 bits per heavy atom. The molecule has 0 bridgehead atoms. The third-order valence-electron chi connectivity index (χ3n) is 3.19. The van der Waals surface area contributed by atoms with E-state index in [4.69, 9.17) is 0 Å². The van der Waals surface area contributed by atoms with Crippen LogP contribution >= 0.6 is 0 Å². The molecular formula is C12H14N4O. The summed E-state index contributed by atoms with van der Waals surface area (Å²) in [6, 6.07) is 5.45. The quantitative estimate of drug-likeness (QED) is 0.782. The number of hydrogen-bond donors (Lipinski definition) is 1. The first kappa shape index (κ1) is 10.4. The minimum atomic E-state index is 0.364. The first-order valence-electron chi connectivity index (χ1n) is 5.90. The fourth-order valence-corrected chi connectivity index (χ4v) is 2.28. The average molecular weight is 230 g/mol. The number of piperidine rings is 1. The van der Waals surface area contributed by atoms with E-state index in [9.17, 15) is 4.79 Å². The number of nitrogens with zero attached hydrogens (tertiary/aromatic N) is 3. The van der Waals surface area contributed by atoms with Crippen molar-refractivity contribution < 1.29 is 4.79 Å². The number of rotatable bonds is 2. The van der Waals surface area contributed by atoms with E-state index in [-0.39, 0.29) is 0 Å². The lowest BCUT2D eigenvalue weighted by atomic mass is 9.99. The maximum atomic E-state index is 10.9. The number of nitrogens with one attached hydrogen (secondary N) is 1. The summed E-state index contributed by atoms with van der Waals surface area (Å²) in [6.45, 7) is 2.00. The average Bonchev–Trinajstić information content (AvgIpc) is 2.83. The molecule has 0 spiro atoms. The van der Waals surface area contributed by atoms with Gasteiger partial charge in [-0.2, -0.15) is 5.10 Å². The molecule has 1 unspecified atom stereocenters. The zero-order valence-corrected chi connectivity index (χ0v) is 9.47. The first-order valence-corrected chi connectivity index (χ1v) is 5.90. The molecule has 1 aliphatic rings. The highest BCUT2D eigenvalue weighted by molar-refractivity contribution is 5.73. The Bertz CT molecular complexity index is 542. The second-order valence-electron chi connectivity index (χ2n) is 4.35. The van der Waals surface area contributed by atoms with Gasteiger partial charge < -0.3 is 5.32 Å². The largest absolute Gasteiger partial charge is 0.316 e. The lowest BCUT2D eigenvalue weighted by Crippen LogP contribution is -2.29. The van der Waals surface area contributed by atoms with Gasteiger partial charge in [0, 0.05) is 12.5 Å². The van der Waals surface area contributed by atoms with Crippen molar-refractivity contribution in [2.45, 2.75) is 18.8 Å². The van der Waals surface area contributed by atoms with Crippen LogP contribution in [-0.2, 0) is 0 Å². The second kappa shape index (κ2) is 4.25. The summed E-state index contributed by atoms with van der Waals surface area (Å²) >= 11 is 0. The number of fused-ring (bicyclic) bond motifs is 1.